The quantitative estimate of drug-likeness (QED) is 0.344. The first-order valence-electron chi connectivity index (χ1n) is 12.8. The minimum absolute atomic E-state index is 0.0751. The zero-order valence-electron chi connectivity index (χ0n) is 23.1. The molecule has 0 spiro atoms. The van der Waals surface area contributed by atoms with Crippen LogP contribution in [0.5, 0.6) is 5.75 Å². The van der Waals surface area contributed by atoms with Gasteiger partial charge >= 0.3 is 0 Å². The molecule has 1 amide bonds. The Balaban J connectivity index is 1.80. The Bertz CT molecular complexity index is 932. The summed E-state index contributed by atoms with van der Waals surface area (Å²) in [5.41, 5.74) is 1.26. The summed E-state index contributed by atoms with van der Waals surface area (Å²) >= 11 is 0. The summed E-state index contributed by atoms with van der Waals surface area (Å²) in [7, 11) is 3.28. The highest BCUT2D eigenvalue weighted by atomic mass is 32.2. The minimum atomic E-state index is -3.70. The molecular formula is C26H45N3O6S. The molecule has 0 aliphatic heterocycles. The Morgan fingerprint density at radius 3 is 2.33 bits per heavy atom. The molecule has 10 heteroatoms. The van der Waals surface area contributed by atoms with E-state index in [-0.39, 0.29) is 42.7 Å². The van der Waals surface area contributed by atoms with Gasteiger partial charge in [0.1, 0.15) is 12.4 Å². The fraction of sp³-hybridized carbons (Fsp3) is 0.731. The first-order chi connectivity index (χ1) is 17.0. The third-order valence-corrected chi connectivity index (χ3v) is 9.18. The second-order valence-corrected chi connectivity index (χ2v) is 11.7. The summed E-state index contributed by atoms with van der Waals surface area (Å²) in [6, 6.07) is 3.56. The third-order valence-electron chi connectivity index (χ3n) is 7.02. The van der Waals surface area contributed by atoms with Crippen LogP contribution < -0.4 is 4.74 Å². The fourth-order valence-electron chi connectivity index (χ4n) is 4.53. The number of hydrogen-bond acceptors (Lipinski definition) is 7. The number of likely N-dealkylation sites (N-methyl/N-ethyl adjacent to an activating group) is 3. The molecule has 1 aromatic carbocycles. The van der Waals surface area contributed by atoms with Crippen LogP contribution in [0.25, 0.3) is 0 Å². The zero-order chi connectivity index (χ0) is 26.9. The zero-order valence-corrected chi connectivity index (χ0v) is 23.9. The van der Waals surface area contributed by atoms with Gasteiger partial charge in [-0.15, -0.1) is 0 Å². The molecule has 36 heavy (non-hydrogen) atoms. The molecule has 0 unspecified atom stereocenters. The van der Waals surface area contributed by atoms with Crippen molar-refractivity contribution in [3.8, 4) is 5.75 Å². The average Bonchev–Trinajstić information content (AvgIpc) is 2.85. The summed E-state index contributed by atoms with van der Waals surface area (Å²) in [5.74, 6) is 0.524. The van der Waals surface area contributed by atoms with Gasteiger partial charge in [0.05, 0.1) is 31.3 Å². The number of sulfonamides is 1. The first-order valence-corrected chi connectivity index (χ1v) is 14.2. The molecule has 0 aromatic heterocycles. The SMILES string of the molecule is CCN(C)CCO[C@H]1CCC[C@@H](N(C)C(=O)COCCN(C)S(=O)(=O)c2c(C)cc(OC)cc2C)C1. The molecule has 1 aliphatic rings. The lowest BCUT2D eigenvalue weighted by molar-refractivity contribution is -0.138. The van der Waals surface area contributed by atoms with Crippen LogP contribution in [0.1, 0.15) is 43.7 Å². The van der Waals surface area contributed by atoms with Gasteiger partial charge in [-0.1, -0.05) is 6.92 Å². The van der Waals surface area contributed by atoms with Crippen molar-refractivity contribution in [1.29, 1.82) is 0 Å². The van der Waals surface area contributed by atoms with E-state index in [1.807, 2.05) is 7.05 Å². The maximum atomic E-state index is 13.1. The number of carbonyl (C=O) groups excluding carboxylic acids is 1. The van der Waals surface area contributed by atoms with Crippen molar-refractivity contribution in [1.82, 2.24) is 14.1 Å². The average molecular weight is 528 g/mol. The molecule has 1 saturated carbocycles. The van der Waals surface area contributed by atoms with Crippen molar-refractivity contribution in [3.63, 3.8) is 0 Å². The maximum Gasteiger partial charge on any atom is 0.248 e. The smallest absolute Gasteiger partial charge is 0.248 e. The topological polar surface area (TPSA) is 88.6 Å². The lowest BCUT2D eigenvalue weighted by Crippen LogP contribution is -2.44. The van der Waals surface area contributed by atoms with Crippen LogP contribution in [0.2, 0.25) is 0 Å². The molecular weight excluding hydrogens is 482 g/mol. The summed E-state index contributed by atoms with van der Waals surface area (Å²) in [6.07, 6.45) is 4.02. The van der Waals surface area contributed by atoms with Gasteiger partial charge in [-0.25, -0.2) is 8.42 Å². The van der Waals surface area contributed by atoms with Crippen molar-refractivity contribution >= 4 is 15.9 Å². The lowest BCUT2D eigenvalue weighted by Gasteiger charge is -2.35. The number of rotatable bonds is 14. The summed E-state index contributed by atoms with van der Waals surface area (Å²) in [6.45, 7) is 8.44. The number of ether oxygens (including phenoxy) is 3. The molecule has 0 bridgehead atoms. The number of carbonyl (C=O) groups is 1. The predicted molar refractivity (Wildman–Crippen MR) is 141 cm³/mol. The van der Waals surface area contributed by atoms with Gasteiger partial charge in [0, 0.05) is 33.2 Å². The first kappa shape index (κ1) is 30.5. The standard InChI is InChI=1S/C26H45N3O6S/c1-8-27(4)12-15-35-23-11-9-10-22(18-23)29(6)25(30)19-34-14-13-28(5)36(31,32)26-20(2)16-24(33-7)17-21(26)3/h16-17,22-23H,8-15,18-19H2,1-7H3/t22-,23+/m1/s1. The van der Waals surface area contributed by atoms with E-state index in [2.05, 4.69) is 18.9 Å². The van der Waals surface area contributed by atoms with Crippen LogP contribution in [-0.4, -0.2) is 108 Å². The van der Waals surface area contributed by atoms with Crippen LogP contribution in [-0.2, 0) is 24.3 Å². The van der Waals surface area contributed by atoms with Crippen LogP contribution in [0.4, 0.5) is 0 Å². The van der Waals surface area contributed by atoms with E-state index in [1.54, 1.807) is 38.0 Å². The Morgan fingerprint density at radius 2 is 1.72 bits per heavy atom. The van der Waals surface area contributed by atoms with Gasteiger partial charge < -0.3 is 24.0 Å². The Labute approximate surface area is 217 Å². The molecule has 0 radical (unpaired) electrons. The van der Waals surface area contributed by atoms with Crippen LogP contribution >= 0.6 is 0 Å². The van der Waals surface area contributed by atoms with Crippen molar-refractivity contribution in [2.45, 2.75) is 63.5 Å². The molecule has 2 rings (SSSR count). The predicted octanol–water partition coefficient (Wildman–Crippen LogP) is 2.69. The Kier molecular flexibility index (Phi) is 12.1. The van der Waals surface area contributed by atoms with Crippen LogP contribution in [0, 0.1) is 13.8 Å². The van der Waals surface area contributed by atoms with E-state index in [4.69, 9.17) is 14.2 Å². The molecule has 1 aliphatic carbocycles. The summed E-state index contributed by atoms with van der Waals surface area (Å²) in [5, 5.41) is 0. The van der Waals surface area contributed by atoms with E-state index in [1.165, 1.54) is 11.4 Å². The van der Waals surface area contributed by atoms with Crippen molar-refractivity contribution in [3.05, 3.63) is 23.3 Å². The number of methoxy groups -OCH3 is 1. The summed E-state index contributed by atoms with van der Waals surface area (Å²) < 4.78 is 44.4. The van der Waals surface area contributed by atoms with E-state index >= 15 is 0 Å². The molecule has 1 aromatic rings. The molecule has 2 atom stereocenters. The Hall–Kier alpha value is -1.72. The largest absolute Gasteiger partial charge is 0.497 e. The normalized spacial score (nSPS) is 18.6. The highest BCUT2D eigenvalue weighted by Crippen LogP contribution is 2.28. The molecule has 0 N–H and O–H groups in total. The monoisotopic (exact) mass is 527 g/mol. The fourth-order valence-corrected chi connectivity index (χ4v) is 6.08. The summed E-state index contributed by atoms with van der Waals surface area (Å²) in [4.78, 5) is 17.0. The van der Waals surface area contributed by atoms with E-state index in [9.17, 15) is 13.2 Å². The van der Waals surface area contributed by atoms with E-state index in [0.717, 1.165) is 38.8 Å². The Morgan fingerprint density at radius 1 is 1.06 bits per heavy atom. The maximum absolute atomic E-state index is 13.1. The van der Waals surface area contributed by atoms with Gasteiger partial charge in [0.15, 0.2) is 0 Å². The van der Waals surface area contributed by atoms with Gasteiger partial charge in [0.2, 0.25) is 15.9 Å². The number of aryl methyl sites for hydroxylation is 2. The second-order valence-electron chi connectivity index (χ2n) is 9.68. The highest BCUT2D eigenvalue weighted by Gasteiger charge is 2.28. The van der Waals surface area contributed by atoms with Crippen molar-refractivity contribution in [2.24, 2.45) is 0 Å². The van der Waals surface area contributed by atoms with Crippen LogP contribution in [0.15, 0.2) is 17.0 Å². The van der Waals surface area contributed by atoms with Gasteiger partial charge in [0.25, 0.3) is 0 Å². The number of hydrogen-bond donors (Lipinski definition) is 0. The lowest BCUT2D eigenvalue weighted by atomic mass is 9.92. The number of amides is 1. The van der Waals surface area contributed by atoms with Gasteiger partial charge in [-0.05, 0) is 76.4 Å². The minimum Gasteiger partial charge on any atom is -0.497 e. The van der Waals surface area contributed by atoms with E-state index < -0.39 is 10.0 Å². The molecule has 0 heterocycles. The number of nitrogens with zero attached hydrogens (tertiary/aromatic N) is 3. The molecule has 9 nitrogen and oxygen atoms in total. The van der Waals surface area contributed by atoms with Gasteiger partial charge in [-0.3, -0.25) is 4.79 Å². The van der Waals surface area contributed by atoms with E-state index in [0.29, 0.717) is 23.5 Å². The van der Waals surface area contributed by atoms with Gasteiger partial charge in [-0.2, -0.15) is 4.31 Å². The molecule has 0 saturated heterocycles. The van der Waals surface area contributed by atoms with Crippen molar-refractivity contribution < 1.29 is 27.4 Å². The highest BCUT2D eigenvalue weighted by molar-refractivity contribution is 7.89. The molecule has 1 fully saturated rings. The number of benzene rings is 1. The van der Waals surface area contributed by atoms with Crippen molar-refractivity contribution in [2.75, 3.05) is 67.7 Å². The second kappa shape index (κ2) is 14.3. The third kappa shape index (κ3) is 8.41. The van der Waals surface area contributed by atoms with Crippen LogP contribution in [0.3, 0.4) is 0 Å². The molecule has 206 valence electrons.